The summed E-state index contributed by atoms with van der Waals surface area (Å²) in [5, 5.41) is 2.82. The van der Waals surface area contributed by atoms with Gasteiger partial charge in [-0.05, 0) is 30.7 Å². The Morgan fingerprint density at radius 3 is 2.46 bits per heavy atom. The number of sulfonamides is 1. The first-order chi connectivity index (χ1) is 13.4. The number of hydrogen-bond donors (Lipinski definition) is 1. The average Bonchev–Trinajstić information content (AvgIpc) is 2.73. The van der Waals surface area contributed by atoms with Crippen molar-refractivity contribution in [1.82, 2.24) is 9.62 Å². The van der Waals surface area contributed by atoms with Crippen molar-refractivity contribution in [2.45, 2.75) is 18.4 Å². The van der Waals surface area contributed by atoms with E-state index in [9.17, 15) is 13.2 Å². The fourth-order valence-corrected chi connectivity index (χ4v) is 4.53. The molecule has 1 N–H and O–H groups in total. The van der Waals surface area contributed by atoms with Crippen molar-refractivity contribution in [2.75, 3.05) is 33.4 Å². The monoisotopic (exact) mass is 404 g/mol. The Morgan fingerprint density at radius 2 is 1.82 bits per heavy atom. The maximum absolute atomic E-state index is 13.0. The normalized spacial score (nSPS) is 15.2. The molecule has 1 aliphatic heterocycles. The first kappa shape index (κ1) is 20.3. The van der Waals surface area contributed by atoms with Gasteiger partial charge in [-0.15, -0.1) is 0 Å². The summed E-state index contributed by atoms with van der Waals surface area (Å²) in [6.45, 7) is 3.59. The van der Waals surface area contributed by atoms with E-state index in [2.05, 4.69) is 5.32 Å². The number of amides is 1. The van der Waals surface area contributed by atoms with Crippen molar-refractivity contribution in [1.29, 1.82) is 0 Å². The van der Waals surface area contributed by atoms with Gasteiger partial charge in [0.25, 0.3) is 5.91 Å². The first-order valence-corrected chi connectivity index (χ1v) is 10.5. The Bertz CT molecular complexity index is 936. The predicted octanol–water partition coefficient (Wildman–Crippen LogP) is 1.95. The molecule has 1 saturated heterocycles. The van der Waals surface area contributed by atoms with Crippen LogP contribution in [0, 0.1) is 6.92 Å². The first-order valence-electron chi connectivity index (χ1n) is 9.01. The molecule has 0 atom stereocenters. The predicted molar refractivity (Wildman–Crippen MR) is 105 cm³/mol. The molecule has 0 bridgehead atoms. The van der Waals surface area contributed by atoms with E-state index in [4.69, 9.17) is 9.47 Å². The van der Waals surface area contributed by atoms with Crippen molar-refractivity contribution < 1.29 is 22.7 Å². The number of morpholine rings is 1. The summed E-state index contributed by atoms with van der Waals surface area (Å²) in [5.41, 5.74) is 2.37. The maximum atomic E-state index is 13.0. The maximum Gasteiger partial charge on any atom is 0.251 e. The number of hydrogen-bond acceptors (Lipinski definition) is 5. The number of carbonyl (C=O) groups excluding carboxylic acids is 1. The lowest BCUT2D eigenvalue weighted by Gasteiger charge is -2.26. The van der Waals surface area contributed by atoms with Crippen LogP contribution in [-0.2, 0) is 21.3 Å². The molecule has 1 heterocycles. The van der Waals surface area contributed by atoms with Crippen LogP contribution < -0.4 is 10.1 Å². The smallest absolute Gasteiger partial charge is 0.251 e. The van der Waals surface area contributed by atoms with Crippen LogP contribution in [0.1, 0.15) is 21.5 Å². The molecule has 150 valence electrons. The summed E-state index contributed by atoms with van der Waals surface area (Å²) in [4.78, 5) is 12.5. The molecule has 1 fully saturated rings. The van der Waals surface area contributed by atoms with Crippen LogP contribution in [0.4, 0.5) is 0 Å². The Morgan fingerprint density at radius 1 is 1.14 bits per heavy atom. The molecule has 0 aromatic heterocycles. The SMILES string of the molecule is COc1ccc(C(=O)NCc2ccc(C)cc2)cc1S(=O)(=O)N1CCOCC1. The van der Waals surface area contributed by atoms with E-state index in [0.717, 1.165) is 11.1 Å². The van der Waals surface area contributed by atoms with Crippen molar-refractivity contribution >= 4 is 15.9 Å². The van der Waals surface area contributed by atoms with Gasteiger partial charge in [-0.3, -0.25) is 4.79 Å². The second kappa shape index (κ2) is 8.72. The van der Waals surface area contributed by atoms with Crippen LogP contribution in [-0.4, -0.2) is 52.0 Å². The van der Waals surface area contributed by atoms with Crippen molar-refractivity contribution in [2.24, 2.45) is 0 Å². The summed E-state index contributed by atoms with van der Waals surface area (Å²) in [6, 6.07) is 12.3. The topological polar surface area (TPSA) is 84.9 Å². The standard InChI is InChI=1S/C20H24N2O5S/c1-15-3-5-16(6-4-15)14-21-20(23)17-7-8-18(26-2)19(13-17)28(24,25)22-9-11-27-12-10-22/h3-8,13H,9-12,14H2,1-2H3,(H,21,23). The highest BCUT2D eigenvalue weighted by molar-refractivity contribution is 7.89. The Balaban J connectivity index is 1.81. The number of benzene rings is 2. The summed E-state index contributed by atoms with van der Waals surface area (Å²) >= 11 is 0. The van der Waals surface area contributed by atoms with E-state index < -0.39 is 10.0 Å². The largest absolute Gasteiger partial charge is 0.495 e. The quantitative estimate of drug-likeness (QED) is 0.796. The molecule has 7 nitrogen and oxygen atoms in total. The van der Waals surface area contributed by atoms with Gasteiger partial charge in [0.15, 0.2) is 0 Å². The molecule has 0 saturated carbocycles. The van der Waals surface area contributed by atoms with E-state index in [1.807, 2.05) is 31.2 Å². The summed E-state index contributed by atoms with van der Waals surface area (Å²) in [7, 11) is -2.38. The van der Waals surface area contributed by atoms with Gasteiger partial charge in [-0.2, -0.15) is 4.31 Å². The van der Waals surface area contributed by atoms with Crippen LogP contribution in [0.3, 0.4) is 0 Å². The molecule has 1 amide bonds. The highest BCUT2D eigenvalue weighted by Crippen LogP contribution is 2.28. The lowest BCUT2D eigenvalue weighted by molar-refractivity contribution is 0.0729. The number of ether oxygens (including phenoxy) is 2. The van der Waals surface area contributed by atoms with Crippen LogP contribution in [0.5, 0.6) is 5.75 Å². The van der Waals surface area contributed by atoms with E-state index in [1.54, 1.807) is 6.07 Å². The lowest BCUT2D eigenvalue weighted by atomic mass is 10.1. The van der Waals surface area contributed by atoms with Crippen LogP contribution in [0.25, 0.3) is 0 Å². The highest BCUT2D eigenvalue weighted by Gasteiger charge is 2.30. The van der Waals surface area contributed by atoms with E-state index >= 15 is 0 Å². The summed E-state index contributed by atoms with van der Waals surface area (Å²) in [5.74, 6) is -0.136. The van der Waals surface area contributed by atoms with Crippen molar-refractivity contribution in [3.8, 4) is 5.75 Å². The minimum absolute atomic E-state index is 0.0140. The van der Waals surface area contributed by atoms with Gasteiger partial charge in [0.2, 0.25) is 10.0 Å². The van der Waals surface area contributed by atoms with Crippen LogP contribution in [0.2, 0.25) is 0 Å². The zero-order chi connectivity index (χ0) is 20.1. The molecule has 28 heavy (non-hydrogen) atoms. The zero-order valence-corrected chi connectivity index (χ0v) is 16.8. The van der Waals surface area contributed by atoms with Gasteiger partial charge < -0.3 is 14.8 Å². The number of rotatable bonds is 6. The van der Waals surface area contributed by atoms with Gasteiger partial charge in [-0.1, -0.05) is 29.8 Å². The Kier molecular flexibility index (Phi) is 6.33. The van der Waals surface area contributed by atoms with Crippen molar-refractivity contribution in [3.05, 3.63) is 59.2 Å². The average molecular weight is 404 g/mol. The molecule has 0 unspecified atom stereocenters. The molecule has 3 rings (SSSR count). The number of nitrogens with zero attached hydrogens (tertiary/aromatic N) is 1. The molecule has 2 aromatic carbocycles. The second-order valence-electron chi connectivity index (χ2n) is 6.55. The molecular formula is C20H24N2O5S. The fourth-order valence-electron chi connectivity index (χ4n) is 2.94. The molecule has 1 aliphatic rings. The lowest BCUT2D eigenvalue weighted by Crippen LogP contribution is -2.40. The molecule has 0 aliphatic carbocycles. The second-order valence-corrected chi connectivity index (χ2v) is 8.46. The van der Waals surface area contributed by atoms with E-state index in [-0.39, 0.29) is 35.2 Å². The third-order valence-corrected chi connectivity index (χ3v) is 6.51. The summed E-state index contributed by atoms with van der Waals surface area (Å²) in [6.07, 6.45) is 0. The zero-order valence-electron chi connectivity index (χ0n) is 16.0. The minimum atomic E-state index is -3.78. The van der Waals surface area contributed by atoms with Gasteiger partial charge in [-0.25, -0.2) is 8.42 Å². The minimum Gasteiger partial charge on any atom is -0.495 e. The molecular weight excluding hydrogens is 380 g/mol. The van der Waals surface area contributed by atoms with Gasteiger partial charge in [0.1, 0.15) is 10.6 Å². The number of carbonyl (C=O) groups is 1. The van der Waals surface area contributed by atoms with Crippen LogP contribution >= 0.6 is 0 Å². The molecule has 0 spiro atoms. The van der Waals surface area contributed by atoms with Crippen LogP contribution in [0.15, 0.2) is 47.4 Å². The van der Waals surface area contributed by atoms with Crippen molar-refractivity contribution in [3.63, 3.8) is 0 Å². The van der Waals surface area contributed by atoms with Gasteiger partial charge in [0.05, 0.1) is 20.3 Å². The third-order valence-electron chi connectivity index (χ3n) is 4.59. The third kappa shape index (κ3) is 4.52. The highest BCUT2D eigenvalue weighted by atomic mass is 32.2. The Hall–Kier alpha value is -2.42. The van der Waals surface area contributed by atoms with Gasteiger partial charge >= 0.3 is 0 Å². The number of methoxy groups -OCH3 is 1. The fraction of sp³-hybridized carbons (Fsp3) is 0.350. The molecule has 0 radical (unpaired) electrons. The summed E-state index contributed by atoms with van der Waals surface area (Å²) < 4.78 is 37.8. The van der Waals surface area contributed by atoms with Gasteiger partial charge in [0, 0.05) is 25.2 Å². The number of aryl methyl sites for hydroxylation is 1. The Labute approximate surface area is 165 Å². The molecule has 8 heteroatoms. The number of nitrogens with one attached hydrogen (secondary N) is 1. The molecule has 2 aromatic rings. The van der Waals surface area contributed by atoms with E-state index in [0.29, 0.717) is 19.8 Å². The van der Waals surface area contributed by atoms with E-state index in [1.165, 1.54) is 23.5 Å².